The zero-order valence-electron chi connectivity index (χ0n) is 17.0. The van der Waals surface area contributed by atoms with Crippen molar-refractivity contribution >= 4 is 26.9 Å². The van der Waals surface area contributed by atoms with Gasteiger partial charge in [0, 0.05) is 24.0 Å². The van der Waals surface area contributed by atoms with E-state index in [2.05, 4.69) is 18.8 Å². The van der Waals surface area contributed by atoms with Crippen molar-refractivity contribution in [3.8, 4) is 11.3 Å². The maximum atomic E-state index is 12.9. The summed E-state index contributed by atoms with van der Waals surface area (Å²) in [6.45, 7) is 5.21. The van der Waals surface area contributed by atoms with Gasteiger partial charge in [0.15, 0.2) is 0 Å². The van der Waals surface area contributed by atoms with Gasteiger partial charge in [0.2, 0.25) is 10.0 Å². The van der Waals surface area contributed by atoms with Crippen LogP contribution in [0.5, 0.6) is 0 Å². The van der Waals surface area contributed by atoms with Crippen LogP contribution in [-0.4, -0.2) is 41.9 Å². The summed E-state index contributed by atoms with van der Waals surface area (Å²) in [4.78, 5) is 16.7. The maximum absolute atomic E-state index is 12.9. The van der Waals surface area contributed by atoms with Gasteiger partial charge in [-0.3, -0.25) is 0 Å². The molecular weight excluding hydrogens is 400 g/mol. The molecule has 0 bridgehead atoms. The number of aromatic nitrogens is 1. The summed E-state index contributed by atoms with van der Waals surface area (Å²) in [5, 5.41) is 10.1. The molecule has 0 unspecified atom stereocenters. The Morgan fingerprint density at radius 3 is 2.30 bits per heavy atom. The summed E-state index contributed by atoms with van der Waals surface area (Å²) in [5.41, 5.74) is 3.05. The van der Waals surface area contributed by atoms with E-state index in [0.29, 0.717) is 35.6 Å². The van der Waals surface area contributed by atoms with E-state index in [-0.39, 0.29) is 10.5 Å². The van der Waals surface area contributed by atoms with Crippen LogP contribution in [0.15, 0.2) is 53.4 Å². The van der Waals surface area contributed by atoms with Crippen molar-refractivity contribution in [2.24, 2.45) is 0 Å². The Balaban J connectivity index is 1.82. The van der Waals surface area contributed by atoms with Crippen LogP contribution in [0.4, 0.5) is 0 Å². The summed E-state index contributed by atoms with van der Waals surface area (Å²) >= 11 is 0. The minimum atomic E-state index is -3.64. The molecule has 1 aromatic heterocycles. The molecular formula is C23H24N2O4S. The molecule has 4 rings (SSSR count). The Kier molecular flexibility index (Phi) is 5.34. The van der Waals surface area contributed by atoms with Gasteiger partial charge in [-0.25, -0.2) is 18.2 Å². The van der Waals surface area contributed by atoms with E-state index in [0.717, 1.165) is 18.4 Å². The normalized spacial score (nSPS) is 15.2. The van der Waals surface area contributed by atoms with Gasteiger partial charge in [-0.05, 0) is 48.6 Å². The molecule has 156 valence electrons. The zero-order chi connectivity index (χ0) is 21.5. The molecule has 0 aliphatic carbocycles. The molecule has 2 aromatic carbocycles. The fourth-order valence-corrected chi connectivity index (χ4v) is 5.35. The SMILES string of the molecule is CC(C)c1ccc(-c2cc(C(=O)O)c3cc(S(=O)(=O)N4CCCC4)ccc3n2)cc1. The van der Waals surface area contributed by atoms with Gasteiger partial charge in [-0.1, -0.05) is 38.1 Å². The standard InChI is InChI=1S/C23H24N2O4S/c1-15(2)16-5-7-17(8-6-16)22-14-20(23(26)27)19-13-18(9-10-21(19)24-22)30(28,29)25-11-3-4-12-25/h5-10,13-15H,3-4,11-12H2,1-2H3,(H,26,27). The van der Waals surface area contributed by atoms with Crippen molar-refractivity contribution in [2.45, 2.75) is 37.5 Å². The second kappa shape index (κ2) is 7.81. The van der Waals surface area contributed by atoms with Crippen LogP contribution < -0.4 is 0 Å². The van der Waals surface area contributed by atoms with Gasteiger partial charge in [-0.2, -0.15) is 4.31 Å². The van der Waals surface area contributed by atoms with Gasteiger partial charge < -0.3 is 5.11 Å². The van der Waals surface area contributed by atoms with Gasteiger partial charge in [0.1, 0.15) is 0 Å². The second-order valence-electron chi connectivity index (χ2n) is 7.93. The summed E-state index contributed by atoms with van der Waals surface area (Å²) in [5.74, 6) is -0.715. The molecule has 0 spiro atoms. The van der Waals surface area contributed by atoms with Crippen LogP contribution >= 0.6 is 0 Å². The van der Waals surface area contributed by atoms with E-state index in [4.69, 9.17) is 0 Å². The minimum Gasteiger partial charge on any atom is -0.478 e. The van der Waals surface area contributed by atoms with Crippen LogP contribution in [-0.2, 0) is 10.0 Å². The molecule has 3 aromatic rings. The lowest BCUT2D eigenvalue weighted by molar-refractivity contribution is 0.0699. The monoisotopic (exact) mass is 424 g/mol. The third-order valence-corrected chi connectivity index (χ3v) is 7.48. The van der Waals surface area contributed by atoms with E-state index < -0.39 is 16.0 Å². The Morgan fingerprint density at radius 1 is 1.03 bits per heavy atom. The van der Waals surface area contributed by atoms with Gasteiger partial charge >= 0.3 is 5.97 Å². The van der Waals surface area contributed by atoms with E-state index in [1.165, 1.54) is 28.1 Å². The number of benzene rings is 2. The van der Waals surface area contributed by atoms with Crippen LogP contribution in [0.2, 0.25) is 0 Å². The number of carbonyl (C=O) groups is 1. The van der Waals surface area contributed by atoms with E-state index in [1.807, 2.05) is 24.3 Å². The molecule has 1 fully saturated rings. The Labute approximate surface area is 176 Å². The topological polar surface area (TPSA) is 87.6 Å². The number of fused-ring (bicyclic) bond motifs is 1. The number of carboxylic acids is 1. The van der Waals surface area contributed by atoms with Gasteiger partial charge in [-0.15, -0.1) is 0 Å². The first-order chi connectivity index (χ1) is 14.3. The molecule has 7 heteroatoms. The highest BCUT2D eigenvalue weighted by atomic mass is 32.2. The summed E-state index contributed by atoms with van der Waals surface area (Å²) in [6, 6.07) is 13.9. The fraction of sp³-hybridized carbons (Fsp3) is 0.304. The third kappa shape index (κ3) is 3.70. The number of aromatic carboxylic acids is 1. The highest BCUT2D eigenvalue weighted by Gasteiger charge is 2.28. The van der Waals surface area contributed by atoms with Crippen molar-refractivity contribution < 1.29 is 18.3 Å². The number of sulfonamides is 1. The van der Waals surface area contributed by atoms with E-state index in [9.17, 15) is 18.3 Å². The Bertz CT molecular complexity index is 1210. The number of nitrogens with zero attached hydrogens (tertiary/aromatic N) is 2. The lowest BCUT2D eigenvalue weighted by Crippen LogP contribution is -2.27. The smallest absolute Gasteiger partial charge is 0.336 e. The summed E-state index contributed by atoms with van der Waals surface area (Å²) < 4.78 is 27.2. The minimum absolute atomic E-state index is 0.0430. The molecule has 0 saturated carbocycles. The first-order valence-corrected chi connectivity index (χ1v) is 11.5. The van der Waals surface area contributed by atoms with Gasteiger partial charge in [0.25, 0.3) is 0 Å². The number of hydrogen-bond donors (Lipinski definition) is 1. The molecule has 1 aliphatic rings. The first-order valence-electron chi connectivity index (χ1n) is 10.1. The number of rotatable bonds is 5. The first kappa shape index (κ1) is 20.5. The highest BCUT2D eigenvalue weighted by molar-refractivity contribution is 7.89. The molecule has 0 atom stereocenters. The largest absolute Gasteiger partial charge is 0.478 e. The van der Waals surface area contributed by atoms with Crippen molar-refractivity contribution in [3.05, 3.63) is 59.7 Å². The van der Waals surface area contributed by atoms with Crippen molar-refractivity contribution in [3.63, 3.8) is 0 Å². The number of pyridine rings is 1. The number of carboxylic acid groups (broad SMARTS) is 1. The molecule has 30 heavy (non-hydrogen) atoms. The number of hydrogen-bond acceptors (Lipinski definition) is 4. The van der Waals surface area contributed by atoms with Crippen molar-refractivity contribution in [2.75, 3.05) is 13.1 Å². The average Bonchev–Trinajstić information content (AvgIpc) is 3.28. The highest BCUT2D eigenvalue weighted by Crippen LogP contribution is 2.29. The molecule has 1 saturated heterocycles. The lowest BCUT2D eigenvalue weighted by Gasteiger charge is -2.16. The van der Waals surface area contributed by atoms with E-state index >= 15 is 0 Å². The quantitative estimate of drug-likeness (QED) is 0.651. The maximum Gasteiger partial charge on any atom is 0.336 e. The predicted octanol–water partition coefficient (Wildman–Crippen LogP) is 4.51. The predicted molar refractivity (Wildman–Crippen MR) is 116 cm³/mol. The molecule has 6 nitrogen and oxygen atoms in total. The van der Waals surface area contributed by atoms with Crippen LogP contribution in [0, 0.1) is 0 Å². The Hall–Kier alpha value is -2.77. The molecule has 0 amide bonds. The van der Waals surface area contributed by atoms with Gasteiger partial charge in [0.05, 0.1) is 21.7 Å². The summed E-state index contributed by atoms with van der Waals surface area (Å²) in [6.07, 6.45) is 1.68. The lowest BCUT2D eigenvalue weighted by atomic mass is 9.99. The molecule has 1 N–H and O–H groups in total. The second-order valence-corrected chi connectivity index (χ2v) is 9.87. The third-order valence-electron chi connectivity index (χ3n) is 5.59. The van der Waals surface area contributed by atoms with Crippen LogP contribution in [0.3, 0.4) is 0 Å². The molecule has 2 heterocycles. The average molecular weight is 425 g/mol. The molecule has 0 radical (unpaired) electrons. The van der Waals surface area contributed by atoms with Crippen molar-refractivity contribution in [1.82, 2.24) is 9.29 Å². The van der Waals surface area contributed by atoms with Crippen LogP contribution in [0.1, 0.15) is 48.5 Å². The van der Waals surface area contributed by atoms with Crippen molar-refractivity contribution in [1.29, 1.82) is 0 Å². The Morgan fingerprint density at radius 2 is 1.70 bits per heavy atom. The zero-order valence-corrected chi connectivity index (χ0v) is 17.8. The van der Waals surface area contributed by atoms with E-state index in [1.54, 1.807) is 6.07 Å². The summed E-state index contributed by atoms with van der Waals surface area (Å²) in [7, 11) is -3.64. The van der Waals surface area contributed by atoms with Crippen LogP contribution in [0.25, 0.3) is 22.2 Å². The fourth-order valence-electron chi connectivity index (χ4n) is 3.81. The molecule has 1 aliphatic heterocycles.